The summed E-state index contributed by atoms with van der Waals surface area (Å²) in [6, 6.07) is 11.6. The van der Waals surface area contributed by atoms with Crippen LogP contribution in [-0.2, 0) is 6.54 Å². The summed E-state index contributed by atoms with van der Waals surface area (Å²) in [4.78, 5) is 1.40. The first-order chi connectivity index (χ1) is 6.88. The Kier molecular flexibility index (Phi) is 2.19. The van der Waals surface area contributed by atoms with Crippen molar-refractivity contribution in [1.29, 1.82) is 5.26 Å². The van der Waals surface area contributed by atoms with Crippen molar-refractivity contribution in [2.45, 2.75) is 6.54 Å². The van der Waals surface area contributed by atoms with E-state index in [1.165, 1.54) is 4.80 Å². The highest BCUT2D eigenvalue weighted by Gasteiger charge is 2.00. The Morgan fingerprint density at radius 3 is 2.71 bits per heavy atom. The van der Waals surface area contributed by atoms with Crippen LogP contribution >= 0.6 is 0 Å². The number of nitrogens with zero attached hydrogens (tertiary/aromatic N) is 5. The van der Waals surface area contributed by atoms with Crippen molar-refractivity contribution in [2.24, 2.45) is 0 Å². The fraction of sp³-hybridized carbons (Fsp3) is 0.111. The molecule has 0 N–H and O–H groups in total. The largest absolute Gasteiger partial charge is 0.273 e. The summed E-state index contributed by atoms with van der Waals surface area (Å²) in [6.07, 6.45) is 0. The summed E-state index contributed by atoms with van der Waals surface area (Å²) in [7, 11) is 0. The molecule has 0 saturated heterocycles. The SMILES string of the molecule is N#Cc1nnn(Cc2ccccc2)n1. The molecule has 5 heteroatoms. The Labute approximate surface area is 80.6 Å². The van der Waals surface area contributed by atoms with Crippen LogP contribution in [-0.4, -0.2) is 20.2 Å². The second kappa shape index (κ2) is 3.66. The van der Waals surface area contributed by atoms with Crippen LogP contribution in [0.4, 0.5) is 0 Å². The van der Waals surface area contributed by atoms with Gasteiger partial charge in [0.1, 0.15) is 6.07 Å². The van der Waals surface area contributed by atoms with Gasteiger partial charge in [-0.15, -0.1) is 5.10 Å². The first kappa shape index (κ1) is 8.38. The maximum atomic E-state index is 8.49. The fourth-order valence-electron chi connectivity index (χ4n) is 1.10. The molecular weight excluding hydrogens is 178 g/mol. The standard InChI is InChI=1S/C9H7N5/c10-6-9-11-13-14(12-9)7-8-4-2-1-3-5-8/h1-5H,7H2. The third-order valence-corrected chi connectivity index (χ3v) is 1.72. The minimum Gasteiger partial charge on any atom is -0.189 e. The van der Waals surface area contributed by atoms with Crippen LogP contribution < -0.4 is 0 Å². The summed E-state index contributed by atoms with van der Waals surface area (Å²) in [6.45, 7) is 0.537. The molecule has 0 fully saturated rings. The molecule has 2 rings (SSSR count). The van der Waals surface area contributed by atoms with E-state index in [0.29, 0.717) is 6.54 Å². The Balaban J connectivity index is 2.16. The number of aromatic nitrogens is 4. The van der Waals surface area contributed by atoms with Gasteiger partial charge in [-0.25, -0.2) is 0 Å². The van der Waals surface area contributed by atoms with Gasteiger partial charge in [0, 0.05) is 0 Å². The van der Waals surface area contributed by atoms with E-state index in [1.807, 2.05) is 36.4 Å². The number of rotatable bonds is 2. The third kappa shape index (κ3) is 1.75. The Morgan fingerprint density at radius 1 is 1.29 bits per heavy atom. The van der Waals surface area contributed by atoms with Crippen molar-refractivity contribution in [1.82, 2.24) is 20.2 Å². The van der Waals surface area contributed by atoms with Crippen LogP contribution in [0.2, 0.25) is 0 Å². The van der Waals surface area contributed by atoms with Crippen LogP contribution in [0.3, 0.4) is 0 Å². The molecule has 0 aliphatic carbocycles. The van der Waals surface area contributed by atoms with Crippen LogP contribution in [0.1, 0.15) is 11.4 Å². The lowest BCUT2D eigenvalue weighted by molar-refractivity contribution is 0.572. The molecule has 0 radical (unpaired) electrons. The van der Waals surface area contributed by atoms with E-state index < -0.39 is 0 Å². The lowest BCUT2D eigenvalue weighted by Gasteiger charge is -1.97. The maximum Gasteiger partial charge on any atom is 0.273 e. The molecule has 0 bridgehead atoms. The molecule has 14 heavy (non-hydrogen) atoms. The minimum atomic E-state index is 0.0981. The number of nitriles is 1. The molecule has 0 aliphatic heterocycles. The Morgan fingerprint density at radius 2 is 2.07 bits per heavy atom. The predicted octanol–water partition coefficient (Wildman–Crippen LogP) is 0.593. The molecule has 1 aromatic heterocycles. The zero-order valence-electron chi connectivity index (χ0n) is 7.33. The molecule has 1 aromatic carbocycles. The molecule has 0 saturated carbocycles. The summed E-state index contributed by atoms with van der Waals surface area (Å²) in [5, 5.41) is 19.6. The van der Waals surface area contributed by atoms with E-state index in [2.05, 4.69) is 15.4 Å². The first-order valence-electron chi connectivity index (χ1n) is 4.10. The van der Waals surface area contributed by atoms with E-state index in [4.69, 9.17) is 5.26 Å². The summed E-state index contributed by atoms with van der Waals surface area (Å²) in [5.41, 5.74) is 1.08. The Bertz CT molecular complexity index is 454. The fourth-order valence-corrected chi connectivity index (χ4v) is 1.10. The van der Waals surface area contributed by atoms with E-state index in [9.17, 15) is 0 Å². The summed E-state index contributed by atoms with van der Waals surface area (Å²) in [5.74, 6) is 0.0981. The monoisotopic (exact) mass is 185 g/mol. The summed E-state index contributed by atoms with van der Waals surface area (Å²) < 4.78 is 0. The maximum absolute atomic E-state index is 8.49. The van der Waals surface area contributed by atoms with Crippen molar-refractivity contribution in [2.75, 3.05) is 0 Å². The van der Waals surface area contributed by atoms with E-state index >= 15 is 0 Å². The number of benzene rings is 1. The molecule has 1 heterocycles. The molecule has 0 atom stereocenters. The van der Waals surface area contributed by atoms with Gasteiger partial charge in [0.15, 0.2) is 0 Å². The van der Waals surface area contributed by atoms with Crippen molar-refractivity contribution in [3.8, 4) is 6.07 Å². The zero-order valence-corrected chi connectivity index (χ0v) is 7.33. The van der Waals surface area contributed by atoms with Gasteiger partial charge in [-0.3, -0.25) is 0 Å². The van der Waals surface area contributed by atoms with Crippen LogP contribution in [0.25, 0.3) is 0 Å². The van der Waals surface area contributed by atoms with Gasteiger partial charge in [0.2, 0.25) is 0 Å². The zero-order chi connectivity index (χ0) is 9.80. The molecule has 68 valence electrons. The normalized spacial score (nSPS) is 9.64. The molecule has 2 aromatic rings. The van der Waals surface area contributed by atoms with Crippen LogP contribution in [0.15, 0.2) is 30.3 Å². The smallest absolute Gasteiger partial charge is 0.189 e. The first-order valence-corrected chi connectivity index (χ1v) is 4.10. The van der Waals surface area contributed by atoms with Gasteiger partial charge in [0.25, 0.3) is 5.82 Å². The lowest BCUT2D eigenvalue weighted by Crippen LogP contribution is -2.03. The van der Waals surface area contributed by atoms with Crippen molar-refractivity contribution in [3.63, 3.8) is 0 Å². The van der Waals surface area contributed by atoms with Gasteiger partial charge in [0.05, 0.1) is 6.54 Å². The highest BCUT2D eigenvalue weighted by Crippen LogP contribution is 1.99. The molecule has 0 amide bonds. The molecule has 0 aliphatic rings. The highest BCUT2D eigenvalue weighted by molar-refractivity contribution is 5.14. The van der Waals surface area contributed by atoms with Crippen molar-refractivity contribution < 1.29 is 0 Å². The molecule has 5 nitrogen and oxygen atoms in total. The van der Waals surface area contributed by atoms with Gasteiger partial charge in [-0.2, -0.15) is 10.1 Å². The average Bonchev–Trinajstić information content (AvgIpc) is 2.67. The second-order valence-electron chi connectivity index (χ2n) is 2.74. The Hall–Kier alpha value is -2.22. The van der Waals surface area contributed by atoms with Gasteiger partial charge >= 0.3 is 0 Å². The van der Waals surface area contributed by atoms with E-state index in [1.54, 1.807) is 0 Å². The number of hydrogen-bond donors (Lipinski definition) is 0. The van der Waals surface area contributed by atoms with Crippen molar-refractivity contribution >= 4 is 0 Å². The van der Waals surface area contributed by atoms with Gasteiger partial charge in [-0.05, 0) is 10.8 Å². The third-order valence-electron chi connectivity index (χ3n) is 1.72. The van der Waals surface area contributed by atoms with Crippen LogP contribution in [0, 0.1) is 11.3 Å². The number of hydrogen-bond acceptors (Lipinski definition) is 4. The minimum absolute atomic E-state index is 0.0981. The molecular formula is C9H7N5. The van der Waals surface area contributed by atoms with Gasteiger partial charge < -0.3 is 0 Å². The topological polar surface area (TPSA) is 67.4 Å². The van der Waals surface area contributed by atoms with Crippen LogP contribution in [0.5, 0.6) is 0 Å². The molecule has 0 spiro atoms. The lowest BCUT2D eigenvalue weighted by atomic mass is 10.2. The number of tetrazole rings is 1. The second-order valence-corrected chi connectivity index (χ2v) is 2.74. The quantitative estimate of drug-likeness (QED) is 0.686. The van der Waals surface area contributed by atoms with E-state index in [-0.39, 0.29) is 5.82 Å². The van der Waals surface area contributed by atoms with E-state index in [0.717, 1.165) is 5.56 Å². The average molecular weight is 185 g/mol. The molecule has 0 unspecified atom stereocenters. The predicted molar refractivity (Wildman–Crippen MR) is 48.1 cm³/mol. The van der Waals surface area contributed by atoms with Gasteiger partial charge in [-0.1, -0.05) is 35.4 Å². The highest BCUT2D eigenvalue weighted by atomic mass is 15.6. The summed E-state index contributed by atoms with van der Waals surface area (Å²) >= 11 is 0. The van der Waals surface area contributed by atoms with Crippen molar-refractivity contribution in [3.05, 3.63) is 41.7 Å².